The summed E-state index contributed by atoms with van der Waals surface area (Å²) in [4.78, 5) is 14.8. The molecule has 4 nitrogen and oxygen atoms in total. The lowest BCUT2D eigenvalue weighted by molar-refractivity contribution is 0.670. The van der Waals surface area contributed by atoms with Gasteiger partial charge in [-0.1, -0.05) is 194 Å². The molecule has 0 aliphatic carbocycles. The molecule has 0 bridgehead atoms. The van der Waals surface area contributed by atoms with Crippen molar-refractivity contribution in [3.8, 4) is 55.6 Å². The Morgan fingerprint density at radius 2 is 0.871 bits per heavy atom. The smallest absolute Gasteiger partial charge is 0.161 e. The van der Waals surface area contributed by atoms with Crippen molar-refractivity contribution in [2.45, 2.75) is 6.54 Å². The molecule has 0 aliphatic rings. The average molecular weight is 796 g/mol. The number of fused-ring (bicyclic) bond motifs is 3. The van der Waals surface area contributed by atoms with Crippen molar-refractivity contribution in [1.82, 2.24) is 0 Å². The molecule has 0 amide bonds. The molecule has 0 atom stereocenters. The van der Waals surface area contributed by atoms with Crippen LogP contribution in [-0.2, 0) is 6.54 Å². The summed E-state index contributed by atoms with van der Waals surface area (Å²) in [6.45, 7) is 4.35. The predicted molar refractivity (Wildman–Crippen MR) is 260 cm³/mol. The summed E-state index contributed by atoms with van der Waals surface area (Å²) >= 11 is 0. The minimum absolute atomic E-state index is 0.411. The predicted octanol–water partition coefficient (Wildman–Crippen LogP) is 15.0. The number of aliphatic imine (C=N–C) groups is 3. The highest BCUT2D eigenvalue weighted by Gasteiger charge is 2.14. The first-order chi connectivity index (χ1) is 30.7. The van der Waals surface area contributed by atoms with Gasteiger partial charge in [0.1, 0.15) is 11.2 Å². The highest BCUT2D eigenvalue weighted by atomic mass is 16.3. The second-order valence-electron chi connectivity index (χ2n) is 15.3. The minimum atomic E-state index is 0.411. The lowest BCUT2D eigenvalue weighted by atomic mass is 9.93. The number of rotatable bonds is 9. The second kappa shape index (κ2) is 17.2. The Morgan fingerprint density at radius 3 is 1.50 bits per heavy atom. The van der Waals surface area contributed by atoms with Gasteiger partial charge in [0.15, 0.2) is 11.7 Å². The van der Waals surface area contributed by atoms with Gasteiger partial charge in [-0.05, 0) is 92.7 Å². The first-order valence-electron chi connectivity index (χ1n) is 20.8. The van der Waals surface area contributed by atoms with Crippen molar-refractivity contribution < 1.29 is 4.42 Å². The first-order valence-corrected chi connectivity index (χ1v) is 20.8. The van der Waals surface area contributed by atoms with Crippen LogP contribution in [0, 0.1) is 0 Å². The number of furan rings is 1. The van der Waals surface area contributed by atoms with E-state index in [2.05, 4.69) is 188 Å². The maximum atomic E-state index is 6.39. The normalized spacial score (nSPS) is 11.9. The van der Waals surface area contributed by atoms with Crippen LogP contribution < -0.4 is 0 Å². The summed E-state index contributed by atoms with van der Waals surface area (Å²) < 4.78 is 6.39. The fourth-order valence-electron chi connectivity index (χ4n) is 8.10. The molecule has 1 heterocycles. The van der Waals surface area contributed by atoms with E-state index in [4.69, 9.17) is 14.4 Å². The number of amidine groups is 2. The average Bonchev–Trinajstić information content (AvgIpc) is 3.74. The molecule has 0 N–H and O–H groups in total. The van der Waals surface area contributed by atoms with Crippen LogP contribution in [0.2, 0.25) is 0 Å². The first kappa shape index (κ1) is 38.0. The Morgan fingerprint density at radius 1 is 0.387 bits per heavy atom. The Balaban J connectivity index is 1.02. The van der Waals surface area contributed by atoms with E-state index in [1.807, 2.05) is 48.5 Å². The molecular weight excluding hydrogens is 755 g/mol. The molecular formula is C58H41N3O. The lowest BCUT2D eigenvalue weighted by Crippen LogP contribution is -2.05. The molecule has 9 aromatic carbocycles. The molecule has 294 valence electrons. The van der Waals surface area contributed by atoms with Crippen LogP contribution in [0.15, 0.2) is 244 Å². The van der Waals surface area contributed by atoms with E-state index in [1.54, 1.807) is 0 Å². The van der Waals surface area contributed by atoms with E-state index in [0.29, 0.717) is 18.2 Å². The summed E-state index contributed by atoms with van der Waals surface area (Å²) in [6, 6.07) is 78.1. The molecule has 0 fully saturated rings. The second-order valence-corrected chi connectivity index (χ2v) is 15.3. The Bertz CT molecular complexity index is 3180. The van der Waals surface area contributed by atoms with Crippen molar-refractivity contribution in [3.05, 3.63) is 241 Å². The third kappa shape index (κ3) is 7.93. The van der Waals surface area contributed by atoms with Crippen LogP contribution in [0.25, 0.3) is 77.6 Å². The van der Waals surface area contributed by atoms with Gasteiger partial charge in [0.2, 0.25) is 0 Å². The molecule has 0 saturated carbocycles. The number of benzene rings is 9. The van der Waals surface area contributed by atoms with E-state index < -0.39 is 0 Å². The molecule has 4 heteroatoms. The number of hydrogen-bond acceptors (Lipinski definition) is 2. The zero-order chi connectivity index (χ0) is 41.7. The van der Waals surface area contributed by atoms with E-state index in [-0.39, 0.29) is 0 Å². The maximum absolute atomic E-state index is 6.39. The molecule has 0 saturated heterocycles. The van der Waals surface area contributed by atoms with Gasteiger partial charge < -0.3 is 4.42 Å². The minimum Gasteiger partial charge on any atom is -0.455 e. The van der Waals surface area contributed by atoms with E-state index in [0.717, 1.165) is 72.0 Å². The zero-order valence-corrected chi connectivity index (χ0v) is 34.0. The molecule has 0 spiro atoms. The van der Waals surface area contributed by atoms with Crippen LogP contribution in [0.1, 0.15) is 16.7 Å². The van der Waals surface area contributed by atoms with Crippen LogP contribution >= 0.6 is 0 Å². The number of nitrogens with zero attached hydrogens (tertiary/aromatic N) is 3. The van der Waals surface area contributed by atoms with Crippen molar-refractivity contribution in [2.24, 2.45) is 15.0 Å². The summed E-state index contributed by atoms with van der Waals surface area (Å²) in [6.07, 6.45) is 0. The number of para-hydroxylation sites is 2. The molecule has 1 aromatic heterocycles. The van der Waals surface area contributed by atoms with Gasteiger partial charge in [0.25, 0.3) is 0 Å². The summed E-state index contributed by atoms with van der Waals surface area (Å²) in [7, 11) is 0. The number of hydrogen-bond donors (Lipinski definition) is 0. The van der Waals surface area contributed by atoms with Gasteiger partial charge in [0, 0.05) is 27.5 Å². The summed E-state index contributed by atoms with van der Waals surface area (Å²) in [5, 5.41) is 2.20. The van der Waals surface area contributed by atoms with Crippen molar-refractivity contribution in [1.29, 1.82) is 0 Å². The third-order valence-electron chi connectivity index (χ3n) is 11.3. The Labute approximate surface area is 361 Å². The summed E-state index contributed by atoms with van der Waals surface area (Å²) in [5.41, 5.74) is 15.8. The maximum Gasteiger partial charge on any atom is 0.161 e. The van der Waals surface area contributed by atoms with E-state index in [1.165, 1.54) is 22.3 Å². The summed E-state index contributed by atoms with van der Waals surface area (Å²) in [5.74, 6) is 1.07. The molecule has 0 aliphatic heterocycles. The fourth-order valence-corrected chi connectivity index (χ4v) is 8.10. The van der Waals surface area contributed by atoms with E-state index >= 15 is 0 Å². The molecule has 0 unspecified atom stereocenters. The van der Waals surface area contributed by atoms with Gasteiger partial charge in [-0.15, -0.1) is 0 Å². The fraction of sp³-hybridized carbons (Fsp3) is 0.0172. The van der Waals surface area contributed by atoms with Crippen LogP contribution in [0.3, 0.4) is 0 Å². The van der Waals surface area contributed by atoms with Crippen molar-refractivity contribution in [2.75, 3.05) is 0 Å². The van der Waals surface area contributed by atoms with Crippen LogP contribution in [-0.4, -0.2) is 18.4 Å². The van der Waals surface area contributed by atoms with Gasteiger partial charge in [-0.25, -0.2) is 9.98 Å². The van der Waals surface area contributed by atoms with Gasteiger partial charge >= 0.3 is 0 Å². The lowest BCUT2D eigenvalue weighted by Gasteiger charge is -2.12. The van der Waals surface area contributed by atoms with Gasteiger partial charge in [-0.3, -0.25) is 4.99 Å². The SMILES string of the molecule is C=NC(=NC(=NCc1cccc(-c2cc(-c3ccccc3)cc(-c3ccccc3)c2)c1)c1ccc(-c2cccc3c2oc2ccccc23)cc1)c1ccc(-c2ccccc2)cc1. The van der Waals surface area contributed by atoms with Gasteiger partial charge in [0.05, 0.1) is 6.54 Å². The quantitative estimate of drug-likeness (QED) is 0.106. The monoisotopic (exact) mass is 795 g/mol. The van der Waals surface area contributed by atoms with Crippen molar-refractivity contribution in [3.63, 3.8) is 0 Å². The topological polar surface area (TPSA) is 50.2 Å². The zero-order valence-electron chi connectivity index (χ0n) is 34.0. The molecule has 10 rings (SSSR count). The Hall–Kier alpha value is -8.21. The highest BCUT2D eigenvalue weighted by molar-refractivity contribution is 6.13. The standard InChI is InChI=1S/C58H41N3O/c1-59-57(46-31-27-44(28-32-46)41-16-5-2-6-17-41)61-58(47-33-29-45(30-34-47)52-24-14-25-54-53-23-11-12-26-55(53)62-56(52)54)60-39-40-15-13-22-48(35-40)51-37-49(42-18-7-3-8-19-42)36-50(38-51)43-20-9-4-10-21-43/h2-38H,1,39H2. The van der Waals surface area contributed by atoms with Crippen molar-refractivity contribution >= 4 is 40.3 Å². The largest absolute Gasteiger partial charge is 0.455 e. The highest BCUT2D eigenvalue weighted by Crippen LogP contribution is 2.36. The van der Waals surface area contributed by atoms with Crippen LogP contribution in [0.4, 0.5) is 0 Å². The Kier molecular flexibility index (Phi) is 10.5. The van der Waals surface area contributed by atoms with Gasteiger partial charge in [-0.2, -0.15) is 0 Å². The molecule has 62 heavy (non-hydrogen) atoms. The van der Waals surface area contributed by atoms with E-state index in [9.17, 15) is 0 Å². The van der Waals surface area contributed by atoms with Crippen LogP contribution in [0.5, 0.6) is 0 Å². The third-order valence-corrected chi connectivity index (χ3v) is 11.3. The molecule has 0 radical (unpaired) electrons. The molecule has 10 aromatic rings.